The van der Waals surface area contributed by atoms with Crippen LogP contribution in [0.3, 0.4) is 0 Å². The molecule has 0 radical (unpaired) electrons. The fourth-order valence-corrected chi connectivity index (χ4v) is 2.92. The highest BCUT2D eigenvalue weighted by molar-refractivity contribution is 8.18. The molecule has 0 N–H and O–H groups in total. The minimum atomic E-state index is -0.0615. The predicted octanol–water partition coefficient (Wildman–Crippen LogP) is 3.30. The first-order valence-corrected chi connectivity index (χ1v) is 7.34. The Balaban J connectivity index is 1.92. The van der Waals surface area contributed by atoms with E-state index in [4.69, 9.17) is 4.42 Å². The van der Waals surface area contributed by atoms with Gasteiger partial charge >= 0.3 is 0 Å². The molecular weight excluding hydrogens is 286 g/mol. The zero-order valence-corrected chi connectivity index (χ0v) is 12.2. The molecule has 21 heavy (non-hydrogen) atoms. The number of amides is 1. The van der Waals surface area contributed by atoms with Crippen molar-refractivity contribution in [2.75, 3.05) is 6.54 Å². The van der Waals surface area contributed by atoms with Crippen molar-refractivity contribution in [1.29, 1.82) is 0 Å². The normalized spacial score (nSPS) is 18.9. The van der Waals surface area contributed by atoms with Crippen LogP contribution in [-0.4, -0.2) is 27.5 Å². The summed E-state index contributed by atoms with van der Waals surface area (Å²) in [4.78, 5) is 23.2. The summed E-state index contributed by atoms with van der Waals surface area (Å²) >= 11 is 1.33. The van der Waals surface area contributed by atoms with Gasteiger partial charge in [-0.25, -0.2) is 9.98 Å². The van der Waals surface area contributed by atoms with Crippen molar-refractivity contribution in [1.82, 2.24) is 9.88 Å². The van der Waals surface area contributed by atoms with Gasteiger partial charge in [-0.2, -0.15) is 0 Å². The molecule has 0 atom stereocenters. The first-order valence-electron chi connectivity index (χ1n) is 6.52. The van der Waals surface area contributed by atoms with E-state index in [0.717, 1.165) is 0 Å². The zero-order valence-electron chi connectivity index (χ0n) is 11.4. The van der Waals surface area contributed by atoms with Gasteiger partial charge in [0.25, 0.3) is 5.91 Å². The lowest BCUT2D eigenvalue weighted by Crippen LogP contribution is -2.28. The maximum Gasteiger partial charge on any atom is 0.266 e. The highest BCUT2D eigenvalue weighted by Crippen LogP contribution is 2.33. The molecule has 106 valence electrons. The molecule has 3 heterocycles. The monoisotopic (exact) mass is 299 g/mol. The average molecular weight is 299 g/mol. The molecule has 0 aromatic carbocycles. The summed E-state index contributed by atoms with van der Waals surface area (Å²) in [7, 11) is 0. The van der Waals surface area contributed by atoms with Crippen molar-refractivity contribution in [3.05, 3.63) is 53.5 Å². The van der Waals surface area contributed by atoms with E-state index < -0.39 is 0 Å². The van der Waals surface area contributed by atoms with Crippen LogP contribution in [0, 0.1) is 0 Å². The Morgan fingerprint density at radius 3 is 2.95 bits per heavy atom. The minimum Gasteiger partial charge on any atom is -0.465 e. The summed E-state index contributed by atoms with van der Waals surface area (Å²) in [5.41, 5.74) is 0. The Kier molecular flexibility index (Phi) is 3.87. The van der Waals surface area contributed by atoms with Crippen LogP contribution >= 0.6 is 11.8 Å². The summed E-state index contributed by atoms with van der Waals surface area (Å²) in [5.74, 6) is 1.18. The van der Waals surface area contributed by atoms with Gasteiger partial charge in [-0.05, 0) is 43.0 Å². The molecule has 5 nitrogen and oxygen atoms in total. The minimum absolute atomic E-state index is 0.0615. The number of hydrogen-bond acceptors (Lipinski definition) is 5. The van der Waals surface area contributed by atoms with Gasteiger partial charge in [0.2, 0.25) is 0 Å². The van der Waals surface area contributed by atoms with Gasteiger partial charge in [-0.1, -0.05) is 6.07 Å². The third-order valence-corrected chi connectivity index (χ3v) is 3.89. The zero-order chi connectivity index (χ0) is 14.7. The molecule has 2 aromatic rings. The predicted molar refractivity (Wildman–Crippen MR) is 83.0 cm³/mol. The first kappa shape index (κ1) is 13.6. The summed E-state index contributed by atoms with van der Waals surface area (Å²) in [6.45, 7) is 2.48. The van der Waals surface area contributed by atoms with Crippen molar-refractivity contribution in [3.8, 4) is 0 Å². The smallest absolute Gasteiger partial charge is 0.266 e. The number of hydrogen-bond donors (Lipinski definition) is 0. The summed E-state index contributed by atoms with van der Waals surface area (Å²) in [5, 5.41) is 0.638. The van der Waals surface area contributed by atoms with Gasteiger partial charge < -0.3 is 4.42 Å². The summed E-state index contributed by atoms with van der Waals surface area (Å²) in [6.07, 6.45) is 4.99. The van der Waals surface area contributed by atoms with Gasteiger partial charge in [0, 0.05) is 18.8 Å². The van der Waals surface area contributed by atoms with E-state index in [1.807, 2.05) is 25.1 Å². The van der Waals surface area contributed by atoms with Crippen molar-refractivity contribution >= 4 is 34.7 Å². The van der Waals surface area contributed by atoms with Crippen LogP contribution in [-0.2, 0) is 4.79 Å². The Bertz CT molecular complexity index is 693. The molecule has 6 heteroatoms. The number of furan rings is 1. The van der Waals surface area contributed by atoms with E-state index in [-0.39, 0.29) is 5.91 Å². The standard InChI is InChI=1S/C15H13N3O2S/c1-2-18-14(19)12(10-11-6-5-9-20-11)21-15(18)17-13-7-3-4-8-16-13/h3-10H,2H2,1H3/b12-10+,17-15+. The van der Waals surface area contributed by atoms with Gasteiger partial charge in [0.05, 0.1) is 11.2 Å². The fraction of sp³-hybridized carbons (Fsp3) is 0.133. The fourth-order valence-electron chi connectivity index (χ4n) is 1.89. The SMILES string of the molecule is CCN1C(=O)/C(=C\c2ccco2)S/C1=N/c1ccccn1. The number of pyridine rings is 1. The van der Waals surface area contributed by atoms with E-state index in [1.165, 1.54) is 11.8 Å². The molecule has 2 aromatic heterocycles. The summed E-state index contributed by atoms with van der Waals surface area (Å²) < 4.78 is 5.25. The number of thioether (sulfide) groups is 1. The largest absolute Gasteiger partial charge is 0.465 e. The van der Waals surface area contributed by atoms with Crippen LogP contribution in [0.15, 0.2) is 57.1 Å². The van der Waals surface area contributed by atoms with E-state index in [1.54, 1.807) is 35.6 Å². The van der Waals surface area contributed by atoms with Crippen LogP contribution in [0.4, 0.5) is 5.82 Å². The van der Waals surface area contributed by atoms with Crippen LogP contribution in [0.2, 0.25) is 0 Å². The molecule has 0 unspecified atom stereocenters. The number of amidine groups is 1. The lowest BCUT2D eigenvalue weighted by atomic mass is 10.3. The second-order valence-electron chi connectivity index (χ2n) is 4.26. The first-order chi connectivity index (χ1) is 10.3. The highest BCUT2D eigenvalue weighted by Gasteiger charge is 2.32. The summed E-state index contributed by atoms with van der Waals surface area (Å²) in [6, 6.07) is 9.10. The molecule has 1 amide bonds. The van der Waals surface area contributed by atoms with Crippen LogP contribution in [0.1, 0.15) is 12.7 Å². The number of carbonyl (C=O) groups is 1. The molecule has 1 saturated heterocycles. The number of nitrogens with zero attached hydrogens (tertiary/aromatic N) is 3. The van der Waals surface area contributed by atoms with Crippen LogP contribution in [0.25, 0.3) is 6.08 Å². The van der Waals surface area contributed by atoms with Crippen LogP contribution < -0.4 is 0 Å². The van der Waals surface area contributed by atoms with E-state index >= 15 is 0 Å². The molecule has 1 fully saturated rings. The van der Waals surface area contributed by atoms with E-state index in [0.29, 0.717) is 28.2 Å². The van der Waals surface area contributed by atoms with Gasteiger partial charge in [0.15, 0.2) is 11.0 Å². The Hall–Kier alpha value is -2.34. The number of carbonyl (C=O) groups excluding carboxylic acids is 1. The number of likely N-dealkylation sites (N-methyl/N-ethyl adjacent to an activating group) is 1. The molecule has 1 aliphatic rings. The average Bonchev–Trinajstić information content (AvgIpc) is 3.10. The molecule has 1 aliphatic heterocycles. The molecule has 0 aliphatic carbocycles. The second-order valence-corrected chi connectivity index (χ2v) is 5.27. The van der Waals surface area contributed by atoms with Crippen molar-refractivity contribution in [3.63, 3.8) is 0 Å². The lowest BCUT2D eigenvalue weighted by Gasteiger charge is -2.11. The number of aromatic nitrogens is 1. The van der Waals surface area contributed by atoms with E-state index in [9.17, 15) is 4.79 Å². The van der Waals surface area contributed by atoms with Gasteiger partial charge in [-0.3, -0.25) is 9.69 Å². The van der Waals surface area contributed by atoms with Crippen molar-refractivity contribution in [2.45, 2.75) is 6.92 Å². The van der Waals surface area contributed by atoms with Crippen molar-refractivity contribution in [2.24, 2.45) is 4.99 Å². The topological polar surface area (TPSA) is 58.7 Å². The molecular formula is C15H13N3O2S. The number of rotatable bonds is 3. The third kappa shape index (κ3) is 2.90. The van der Waals surface area contributed by atoms with Crippen molar-refractivity contribution < 1.29 is 9.21 Å². The maximum absolute atomic E-state index is 12.4. The Labute approximate surface area is 126 Å². The molecule has 0 saturated carbocycles. The van der Waals surface area contributed by atoms with E-state index in [2.05, 4.69) is 9.98 Å². The van der Waals surface area contributed by atoms with Crippen LogP contribution in [0.5, 0.6) is 0 Å². The second kappa shape index (κ2) is 5.97. The molecule has 0 spiro atoms. The Morgan fingerprint density at radius 2 is 2.29 bits per heavy atom. The lowest BCUT2D eigenvalue weighted by molar-refractivity contribution is -0.122. The van der Waals surface area contributed by atoms with Gasteiger partial charge in [-0.15, -0.1) is 0 Å². The quantitative estimate of drug-likeness (QED) is 0.816. The third-order valence-electron chi connectivity index (χ3n) is 2.88. The van der Waals surface area contributed by atoms with Gasteiger partial charge in [0.1, 0.15) is 5.76 Å². The molecule has 3 rings (SSSR count). The highest BCUT2D eigenvalue weighted by atomic mass is 32.2. The number of aliphatic imine (C=N–C) groups is 1. The molecule has 0 bridgehead atoms. The maximum atomic E-state index is 12.4. The Morgan fingerprint density at radius 1 is 1.38 bits per heavy atom.